The predicted octanol–water partition coefficient (Wildman–Crippen LogP) is 5.39. The lowest BCUT2D eigenvalue weighted by molar-refractivity contribution is -0.152. The van der Waals surface area contributed by atoms with Gasteiger partial charge in [-0.15, -0.1) is 0 Å². The lowest BCUT2D eigenvalue weighted by Crippen LogP contribution is -2.43. The number of hydrogen-bond acceptors (Lipinski definition) is 6. The molecule has 2 aromatic rings. The molecule has 7 nitrogen and oxygen atoms in total. The molecule has 1 aromatic carbocycles. The van der Waals surface area contributed by atoms with E-state index in [9.17, 15) is 9.59 Å². The number of rotatable bonds is 10. The van der Waals surface area contributed by atoms with E-state index in [4.69, 9.17) is 13.9 Å². The smallest absolute Gasteiger partial charge is 0.333 e. The van der Waals surface area contributed by atoms with E-state index in [0.717, 1.165) is 29.0 Å². The summed E-state index contributed by atoms with van der Waals surface area (Å²) in [5.41, 5.74) is 2.59. The number of aromatic nitrogens is 1. The Morgan fingerprint density at radius 2 is 2.08 bits per heavy atom. The maximum atomic E-state index is 12.8. The van der Waals surface area contributed by atoms with Crippen LogP contribution in [0, 0.1) is 12.8 Å². The largest absolute Gasteiger partial charge is 0.493 e. The van der Waals surface area contributed by atoms with Gasteiger partial charge in [-0.2, -0.15) is 0 Å². The number of aryl methyl sites for hydroxylation is 1. The summed E-state index contributed by atoms with van der Waals surface area (Å²) in [6, 6.07) is 4.87. The lowest BCUT2D eigenvalue weighted by atomic mass is 9.92. The minimum atomic E-state index is -0.817. The predicted molar refractivity (Wildman–Crippen MR) is 139 cm³/mol. The second-order valence-electron chi connectivity index (χ2n) is 9.14. The molecule has 1 unspecified atom stereocenters. The molecule has 1 aliphatic heterocycles. The van der Waals surface area contributed by atoms with Crippen LogP contribution in [0.4, 0.5) is 0 Å². The van der Waals surface area contributed by atoms with Gasteiger partial charge in [-0.25, -0.2) is 9.78 Å². The molecule has 0 bridgehead atoms. The molecule has 192 valence electrons. The molecule has 0 fully saturated rings. The summed E-state index contributed by atoms with van der Waals surface area (Å²) in [5, 5.41) is 0. The topological polar surface area (TPSA) is 81.9 Å². The van der Waals surface area contributed by atoms with Crippen LogP contribution in [0.3, 0.4) is 0 Å². The van der Waals surface area contributed by atoms with Crippen LogP contribution in [-0.2, 0) is 27.2 Å². The SMILES string of the molecule is CC=CC=CC(=O)N1CCc2ccc(OCCc3nc(/C=C/CC(C)C)oc3C)cc2C1C(=O)OC. The Morgan fingerprint density at radius 1 is 1.28 bits per heavy atom. The van der Waals surface area contributed by atoms with E-state index in [1.807, 2.05) is 44.2 Å². The zero-order valence-corrected chi connectivity index (χ0v) is 21.8. The van der Waals surface area contributed by atoms with Crippen molar-refractivity contribution < 1.29 is 23.5 Å². The molecule has 36 heavy (non-hydrogen) atoms. The molecule has 2 heterocycles. The summed E-state index contributed by atoms with van der Waals surface area (Å²) >= 11 is 0. The number of carbonyl (C=O) groups is 2. The fraction of sp³-hybridized carbons (Fsp3) is 0.414. The average Bonchev–Trinajstić information content (AvgIpc) is 3.21. The molecular weight excluding hydrogens is 456 g/mol. The summed E-state index contributed by atoms with van der Waals surface area (Å²) in [6.45, 7) is 8.95. The molecule has 7 heteroatoms. The Labute approximate surface area is 213 Å². The first-order chi connectivity index (χ1) is 17.3. The first-order valence-corrected chi connectivity index (χ1v) is 12.4. The maximum Gasteiger partial charge on any atom is 0.333 e. The molecular formula is C29H36N2O5. The number of fused-ring (bicyclic) bond motifs is 1. The van der Waals surface area contributed by atoms with E-state index in [2.05, 4.69) is 24.9 Å². The number of nitrogens with zero attached hydrogens (tertiary/aromatic N) is 2. The zero-order chi connectivity index (χ0) is 26.1. The van der Waals surface area contributed by atoms with Crippen LogP contribution in [0.15, 0.2) is 53.0 Å². The van der Waals surface area contributed by atoms with Crippen molar-refractivity contribution in [2.75, 3.05) is 20.3 Å². The lowest BCUT2D eigenvalue weighted by Gasteiger charge is -2.35. The van der Waals surface area contributed by atoms with Gasteiger partial charge in [0, 0.05) is 19.0 Å². The standard InChI is InChI=1S/C29H36N2O5/c1-6-7-8-12-27(32)31-17-15-22-13-14-23(19-24(22)28(31)29(33)34-5)35-18-16-25-21(4)36-26(30-25)11-9-10-20(2)3/h6-9,11-14,19-20,28H,10,15-18H2,1-5H3/b7-6?,11-9+,12-8?. The van der Waals surface area contributed by atoms with Crippen LogP contribution >= 0.6 is 0 Å². The number of hydrogen-bond donors (Lipinski definition) is 0. The highest BCUT2D eigenvalue weighted by Gasteiger charge is 2.36. The second-order valence-corrected chi connectivity index (χ2v) is 9.14. The third-order valence-corrected chi connectivity index (χ3v) is 5.98. The Kier molecular flexibility index (Phi) is 9.68. The molecule has 0 N–H and O–H groups in total. The van der Waals surface area contributed by atoms with Crippen LogP contribution in [0.1, 0.15) is 61.7 Å². The summed E-state index contributed by atoms with van der Waals surface area (Å²) in [5.74, 6) is 1.88. The van der Waals surface area contributed by atoms with E-state index in [0.29, 0.717) is 43.6 Å². The highest BCUT2D eigenvalue weighted by molar-refractivity contribution is 5.92. The summed E-state index contributed by atoms with van der Waals surface area (Å²) < 4.78 is 16.8. The number of esters is 1. The van der Waals surface area contributed by atoms with E-state index in [1.165, 1.54) is 13.2 Å². The summed E-state index contributed by atoms with van der Waals surface area (Å²) in [6.07, 6.45) is 12.9. The molecule has 1 aromatic heterocycles. The van der Waals surface area contributed by atoms with E-state index < -0.39 is 12.0 Å². The first-order valence-electron chi connectivity index (χ1n) is 12.4. The van der Waals surface area contributed by atoms with Gasteiger partial charge in [-0.3, -0.25) is 4.79 Å². The minimum Gasteiger partial charge on any atom is -0.493 e. The first kappa shape index (κ1) is 27.0. The number of amides is 1. The van der Waals surface area contributed by atoms with E-state index in [1.54, 1.807) is 17.1 Å². The van der Waals surface area contributed by atoms with Gasteiger partial charge in [0.05, 0.1) is 19.4 Å². The second kappa shape index (κ2) is 12.9. The molecule has 1 atom stereocenters. The van der Waals surface area contributed by atoms with Crippen molar-refractivity contribution in [3.8, 4) is 5.75 Å². The van der Waals surface area contributed by atoms with Crippen molar-refractivity contribution in [3.63, 3.8) is 0 Å². The quantitative estimate of drug-likeness (QED) is 0.251. The van der Waals surface area contributed by atoms with Crippen LogP contribution in [-0.4, -0.2) is 42.0 Å². The molecule has 3 rings (SSSR count). The van der Waals surface area contributed by atoms with Crippen LogP contribution in [0.5, 0.6) is 5.75 Å². The van der Waals surface area contributed by atoms with Crippen molar-refractivity contribution in [2.24, 2.45) is 5.92 Å². The molecule has 1 aliphatic rings. The van der Waals surface area contributed by atoms with Crippen LogP contribution in [0.25, 0.3) is 6.08 Å². The average molecular weight is 493 g/mol. The van der Waals surface area contributed by atoms with Crippen LogP contribution < -0.4 is 4.74 Å². The van der Waals surface area contributed by atoms with Gasteiger partial charge < -0.3 is 18.8 Å². The Morgan fingerprint density at radius 3 is 2.81 bits per heavy atom. The molecule has 1 amide bonds. The van der Waals surface area contributed by atoms with E-state index >= 15 is 0 Å². The fourth-order valence-electron chi connectivity index (χ4n) is 4.09. The third-order valence-electron chi connectivity index (χ3n) is 5.98. The van der Waals surface area contributed by atoms with Crippen molar-refractivity contribution in [1.82, 2.24) is 9.88 Å². The third kappa shape index (κ3) is 6.97. The van der Waals surface area contributed by atoms with Crippen molar-refractivity contribution in [2.45, 2.75) is 53.0 Å². The maximum absolute atomic E-state index is 12.8. The summed E-state index contributed by atoms with van der Waals surface area (Å²) in [4.78, 5) is 31.6. The minimum absolute atomic E-state index is 0.236. The van der Waals surface area contributed by atoms with Gasteiger partial charge >= 0.3 is 5.97 Å². The van der Waals surface area contributed by atoms with Gasteiger partial charge in [0.15, 0.2) is 6.04 Å². The molecule has 0 radical (unpaired) electrons. The Balaban J connectivity index is 1.71. The summed E-state index contributed by atoms with van der Waals surface area (Å²) in [7, 11) is 1.34. The van der Waals surface area contributed by atoms with Gasteiger partial charge in [0.1, 0.15) is 11.5 Å². The van der Waals surface area contributed by atoms with E-state index in [-0.39, 0.29) is 5.91 Å². The number of oxazole rings is 1. The number of carbonyl (C=O) groups excluding carboxylic acids is 2. The molecule has 0 spiro atoms. The Hall–Kier alpha value is -3.61. The number of methoxy groups -OCH3 is 1. The van der Waals surface area contributed by atoms with Crippen molar-refractivity contribution in [3.05, 3.63) is 77.1 Å². The van der Waals surface area contributed by atoms with Crippen molar-refractivity contribution >= 4 is 18.0 Å². The van der Waals surface area contributed by atoms with Gasteiger partial charge in [-0.1, -0.05) is 44.2 Å². The van der Waals surface area contributed by atoms with Crippen LogP contribution in [0.2, 0.25) is 0 Å². The van der Waals surface area contributed by atoms with Crippen molar-refractivity contribution in [1.29, 1.82) is 0 Å². The van der Waals surface area contributed by atoms with Gasteiger partial charge in [0.2, 0.25) is 11.8 Å². The fourth-order valence-corrected chi connectivity index (χ4v) is 4.09. The normalized spacial score (nSPS) is 15.8. The molecule has 0 saturated carbocycles. The number of benzene rings is 1. The number of allylic oxidation sites excluding steroid dienone is 4. The van der Waals surface area contributed by atoms with Gasteiger partial charge in [0.25, 0.3) is 0 Å². The molecule has 0 aliphatic carbocycles. The van der Waals surface area contributed by atoms with Gasteiger partial charge in [-0.05, 0) is 61.9 Å². The monoisotopic (exact) mass is 492 g/mol. The zero-order valence-electron chi connectivity index (χ0n) is 21.8. The Bertz CT molecular complexity index is 1140. The molecule has 0 saturated heterocycles. The highest BCUT2D eigenvalue weighted by atomic mass is 16.5. The number of ether oxygens (including phenoxy) is 2. The highest BCUT2D eigenvalue weighted by Crippen LogP contribution is 2.34.